The summed E-state index contributed by atoms with van der Waals surface area (Å²) in [5.74, 6) is 0.279. The maximum absolute atomic E-state index is 12.8. The second kappa shape index (κ2) is 9.68. The first-order valence-corrected chi connectivity index (χ1v) is 10.9. The van der Waals surface area contributed by atoms with E-state index in [1.807, 2.05) is 26.2 Å². The van der Waals surface area contributed by atoms with Crippen molar-refractivity contribution >= 4 is 23.4 Å². The second-order valence-corrected chi connectivity index (χ2v) is 9.51. The Morgan fingerprint density at radius 1 is 1.19 bits per heavy atom. The van der Waals surface area contributed by atoms with Crippen molar-refractivity contribution in [3.63, 3.8) is 0 Å². The molecule has 1 aromatic carbocycles. The van der Waals surface area contributed by atoms with Gasteiger partial charge in [-0.1, -0.05) is 26.0 Å². The summed E-state index contributed by atoms with van der Waals surface area (Å²) >= 11 is 0. The smallest absolute Gasteiger partial charge is 0.265 e. The Hall–Kier alpha value is -2.61. The number of hydrogen-bond acceptors (Lipinski definition) is 5. The Balaban J connectivity index is 1.49. The molecule has 0 aromatic heterocycles. The number of benzene rings is 1. The summed E-state index contributed by atoms with van der Waals surface area (Å²) in [7, 11) is 4.05. The minimum absolute atomic E-state index is 0.00316. The van der Waals surface area contributed by atoms with E-state index in [-0.39, 0.29) is 42.2 Å². The van der Waals surface area contributed by atoms with Crippen molar-refractivity contribution in [1.29, 1.82) is 0 Å². The fourth-order valence-electron chi connectivity index (χ4n) is 4.34. The zero-order chi connectivity index (χ0) is 22.6. The number of carbonyl (C=O) groups is 3. The van der Waals surface area contributed by atoms with Crippen LogP contribution in [0, 0.1) is 11.3 Å². The van der Waals surface area contributed by atoms with Gasteiger partial charge in [0.25, 0.3) is 5.91 Å². The molecule has 0 unspecified atom stereocenters. The summed E-state index contributed by atoms with van der Waals surface area (Å²) in [6.45, 7) is 6.78. The molecule has 31 heavy (non-hydrogen) atoms. The maximum Gasteiger partial charge on any atom is 0.265 e. The zero-order valence-electron chi connectivity index (χ0n) is 19.0. The van der Waals surface area contributed by atoms with Crippen LogP contribution in [0.2, 0.25) is 0 Å². The maximum atomic E-state index is 12.8. The van der Waals surface area contributed by atoms with E-state index in [4.69, 9.17) is 4.74 Å². The first kappa shape index (κ1) is 23.1. The van der Waals surface area contributed by atoms with E-state index in [1.165, 1.54) is 4.90 Å². The molecule has 0 aliphatic carbocycles. The van der Waals surface area contributed by atoms with Gasteiger partial charge in [0.15, 0.2) is 6.61 Å². The quantitative estimate of drug-likeness (QED) is 0.706. The zero-order valence-corrected chi connectivity index (χ0v) is 19.0. The molecule has 2 heterocycles. The lowest BCUT2D eigenvalue weighted by atomic mass is 9.91. The van der Waals surface area contributed by atoms with Crippen molar-refractivity contribution in [3.05, 3.63) is 24.3 Å². The van der Waals surface area contributed by atoms with Crippen LogP contribution in [0.5, 0.6) is 5.75 Å². The molecule has 1 N–H and O–H groups in total. The summed E-state index contributed by atoms with van der Waals surface area (Å²) in [4.78, 5) is 43.1. The van der Waals surface area contributed by atoms with Crippen LogP contribution >= 0.6 is 0 Å². The predicted octanol–water partition coefficient (Wildman–Crippen LogP) is 1.35. The van der Waals surface area contributed by atoms with Gasteiger partial charge >= 0.3 is 0 Å². The van der Waals surface area contributed by atoms with Crippen LogP contribution in [0.25, 0.3) is 0 Å². The molecule has 0 atom stereocenters. The highest BCUT2D eigenvalue weighted by molar-refractivity contribution is 6.02. The van der Waals surface area contributed by atoms with Crippen LogP contribution in [0.1, 0.15) is 26.7 Å². The first-order chi connectivity index (χ1) is 14.7. The SMILES string of the molecule is CN(C)CC(C)(C)CNC(=O)C1CCN(C(=O)CN2C(=O)COc3ccccc32)CC1. The Morgan fingerprint density at radius 2 is 1.87 bits per heavy atom. The third-order valence-corrected chi connectivity index (χ3v) is 5.81. The van der Waals surface area contributed by atoms with E-state index >= 15 is 0 Å². The predicted molar refractivity (Wildman–Crippen MR) is 119 cm³/mol. The van der Waals surface area contributed by atoms with Crippen molar-refractivity contribution in [2.45, 2.75) is 26.7 Å². The van der Waals surface area contributed by atoms with E-state index in [0.29, 0.717) is 43.9 Å². The van der Waals surface area contributed by atoms with Crippen LogP contribution in [-0.4, -0.2) is 80.9 Å². The van der Waals surface area contributed by atoms with Gasteiger partial charge in [0, 0.05) is 32.1 Å². The highest BCUT2D eigenvalue weighted by atomic mass is 16.5. The minimum Gasteiger partial charge on any atom is -0.482 e. The number of rotatable bonds is 7. The van der Waals surface area contributed by atoms with Gasteiger partial charge in [0.2, 0.25) is 11.8 Å². The van der Waals surface area contributed by atoms with E-state index < -0.39 is 0 Å². The van der Waals surface area contributed by atoms with Crippen LogP contribution in [0.15, 0.2) is 24.3 Å². The average Bonchev–Trinajstić information content (AvgIpc) is 2.73. The van der Waals surface area contributed by atoms with Gasteiger partial charge in [-0.25, -0.2) is 0 Å². The number of hydrogen-bond donors (Lipinski definition) is 1. The number of likely N-dealkylation sites (tertiary alicyclic amines) is 1. The van der Waals surface area contributed by atoms with E-state index in [2.05, 4.69) is 24.1 Å². The molecule has 0 radical (unpaired) electrons. The van der Waals surface area contributed by atoms with Crippen molar-refractivity contribution in [3.8, 4) is 5.75 Å². The molecule has 170 valence electrons. The van der Waals surface area contributed by atoms with Crippen molar-refractivity contribution in [1.82, 2.24) is 15.1 Å². The number of anilines is 1. The Morgan fingerprint density at radius 3 is 2.55 bits per heavy atom. The molecule has 2 aliphatic heterocycles. The largest absolute Gasteiger partial charge is 0.482 e. The van der Waals surface area contributed by atoms with Crippen LogP contribution in [-0.2, 0) is 14.4 Å². The monoisotopic (exact) mass is 430 g/mol. The van der Waals surface area contributed by atoms with Gasteiger partial charge in [-0.2, -0.15) is 0 Å². The molecule has 1 fully saturated rings. The van der Waals surface area contributed by atoms with Gasteiger partial charge in [-0.3, -0.25) is 19.3 Å². The Bertz CT molecular complexity index is 816. The third kappa shape index (κ3) is 5.97. The first-order valence-electron chi connectivity index (χ1n) is 10.9. The van der Waals surface area contributed by atoms with Crippen molar-refractivity contribution in [2.75, 3.05) is 58.3 Å². The van der Waals surface area contributed by atoms with Gasteiger partial charge in [-0.15, -0.1) is 0 Å². The molecule has 1 aromatic rings. The third-order valence-electron chi connectivity index (χ3n) is 5.81. The van der Waals surface area contributed by atoms with Crippen LogP contribution in [0.4, 0.5) is 5.69 Å². The number of piperidine rings is 1. The van der Waals surface area contributed by atoms with E-state index in [1.54, 1.807) is 17.0 Å². The van der Waals surface area contributed by atoms with Gasteiger partial charge in [0.1, 0.15) is 12.3 Å². The Kier molecular flexibility index (Phi) is 7.20. The molecule has 0 saturated carbocycles. The van der Waals surface area contributed by atoms with Crippen LogP contribution in [0.3, 0.4) is 0 Å². The summed E-state index contributed by atoms with van der Waals surface area (Å²) in [5, 5.41) is 3.09. The van der Waals surface area contributed by atoms with E-state index in [0.717, 1.165) is 6.54 Å². The summed E-state index contributed by atoms with van der Waals surface area (Å²) in [6, 6.07) is 7.24. The second-order valence-electron chi connectivity index (χ2n) is 9.51. The summed E-state index contributed by atoms with van der Waals surface area (Å²) < 4.78 is 5.44. The molecule has 2 aliphatic rings. The molecule has 8 nitrogen and oxygen atoms in total. The number of fused-ring (bicyclic) bond motifs is 1. The summed E-state index contributed by atoms with van der Waals surface area (Å²) in [5.41, 5.74) is 0.623. The number of carbonyl (C=O) groups excluding carboxylic acids is 3. The van der Waals surface area contributed by atoms with Gasteiger partial charge in [0.05, 0.1) is 5.69 Å². The Labute approximate surface area is 184 Å². The number of nitrogens with one attached hydrogen (secondary N) is 1. The standard InChI is InChI=1S/C23H34N4O4/c1-23(2,16-25(3)4)15-24-22(30)17-9-11-26(12-10-17)20(28)13-27-18-7-5-6-8-19(18)31-14-21(27)29/h5-8,17H,9-16H2,1-4H3,(H,24,30). The van der Waals surface area contributed by atoms with Crippen LogP contribution < -0.4 is 15.0 Å². The molecule has 0 bridgehead atoms. The fraction of sp³-hybridized carbons (Fsp3) is 0.609. The lowest BCUT2D eigenvalue weighted by Crippen LogP contribution is -2.50. The lowest BCUT2D eigenvalue weighted by Gasteiger charge is -2.35. The molecule has 3 amide bonds. The number of para-hydroxylation sites is 2. The normalized spacial score (nSPS) is 17.4. The highest BCUT2D eigenvalue weighted by Crippen LogP contribution is 2.31. The topological polar surface area (TPSA) is 82.2 Å². The highest BCUT2D eigenvalue weighted by Gasteiger charge is 2.32. The molecular formula is C23H34N4O4. The minimum atomic E-state index is -0.221. The van der Waals surface area contributed by atoms with Crippen molar-refractivity contribution < 1.29 is 19.1 Å². The van der Waals surface area contributed by atoms with Crippen molar-refractivity contribution in [2.24, 2.45) is 11.3 Å². The van der Waals surface area contributed by atoms with Gasteiger partial charge in [-0.05, 0) is 44.5 Å². The molecule has 0 spiro atoms. The number of ether oxygens (including phenoxy) is 1. The molecular weight excluding hydrogens is 396 g/mol. The fourth-order valence-corrected chi connectivity index (χ4v) is 4.34. The molecule has 3 rings (SSSR count). The molecule has 8 heteroatoms. The number of nitrogens with zero attached hydrogens (tertiary/aromatic N) is 3. The number of amides is 3. The average molecular weight is 431 g/mol. The lowest BCUT2D eigenvalue weighted by molar-refractivity contribution is -0.135. The summed E-state index contributed by atoms with van der Waals surface area (Å²) in [6.07, 6.45) is 1.28. The molecule has 1 saturated heterocycles. The van der Waals surface area contributed by atoms with E-state index in [9.17, 15) is 14.4 Å². The van der Waals surface area contributed by atoms with Gasteiger partial charge < -0.3 is 19.9 Å².